The summed E-state index contributed by atoms with van der Waals surface area (Å²) < 4.78 is 32.6. The smallest absolute Gasteiger partial charge is 0.374 e. The van der Waals surface area contributed by atoms with Gasteiger partial charge in [-0.1, -0.05) is 17.2 Å². The molecule has 0 aromatic heterocycles. The molecule has 0 aliphatic rings. The molecule has 1 unspecified atom stereocenters. The summed E-state index contributed by atoms with van der Waals surface area (Å²) in [5.74, 6) is 0. The Morgan fingerprint density at radius 1 is 1.70 bits per heavy atom. The number of hydrogen-bond donors (Lipinski definition) is 2. The minimum absolute atomic E-state index is 0.211. The fourth-order valence-electron chi connectivity index (χ4n) is 0.495. The van der Waals surface area contributed by atoms with Gasteiger partial charge in [-0.25, -0.2) is 0 Å². The van der Waals surface area contributed by atoms with Gasteiger partial charge in [-0.05, 0) is 6.42 Å². The van der Waals surface area contributed by atoms with Gasteiger partial charge in [-0.2, -0.15) is 13.1 Å². The molecule has 0 saturated heterocycles. The van der Waals surface area contributed by atoms with Gasteiger partial charge in [0.05, 0.1) is 0 Å². The zero-order chi connectivity index (χ0) is 8.20. The molecule has 0 aromatic rings. The van der Waals surface area contributed by atoms with Gasteiger partial charge < -0.3 is 5.11 Å². The Kier molecular flexibility index (Phi) is 3.77. The SMILES string of the molecule is CCCC(O)NS(=O)(=O)F. The lowest BCUT2D eigenvalue weighted by Gasteiger charge is -2.05. The quantitative estimate of drug-likeness (QED) is 0.459. The van der Waals surface area contributed by atoms with E-state index in [9.17, 15) is 12.3 Å². The highest BCUT2D eigenvalue weighted by atomic mass is 32.3. The first-order valence-electron chi connectivity index (χ1n) is 2.85. The van der Waals surface area contributed by atoms with Gasteiger partial charge in [0.15, 0.2) is 0 Å². The van der Waals surface area contributed by atoms with Crippen LogP contribution in [0.15, 0.2) is 0 Å². The average Bonchev–Trinajstić information content (AvgIpc) is 1.59. The van der Waals surface area contributed by atoms with Crippen molar-refractivity contribution in [2.24, 2.45) is 0 Å². The van der Waals surface area contributed by atoms with Crippen LogP contribution in [0.5, 0.6) is 0 Å². The van der Waals surface area contributed by atoms with E-state index in [-0.39, 0.29) is 6.42 Å². The summed E-state index contributed by atoms with van der Waals surface area (Å²) in [5.41, 5.74) is 0. The normalized spacial score (nSPS) is 15.1. The maximum atomic E-state index is 11.7. The fraction of sp³-hybridized carbons (Fsp3) is 1.00. The minimum Gasteiger partial charge on any atom is -0.378 e. The first kappa shape index (κ1) is 9.80. The maximum Gasteiger partial charge on any atom is 0.374 e. The van der Waals surface area contributed by atoms with Gasteiger partial charge in [-0.15, -0.1) is 0 Å². The molecule has 0 bridgehead atoms. The van der Waals surface area contributed by atoms with Crippen LogP contribution >= 0.6 is 0 Å². The molecule has 0 aromatic carbocycles. The third kappa shape index (κ3) is 5.93. The zero-order valence-corrected chi connectivity index (χ0v) is 6.36. The van der Waals surface area contributed by atoms with Crippen molar-refractivity contribution >= 4 is 10.4 Å². The summed E-state index contributed by atoms with van der Waals surface area (Å²) >= 11 is 0. The molecular weight excluding hydrogens is 161 g/mol. The molecule has 0 radical (unpaired) electrons. The first-order valence-corrected chi connectivity index (χ1v) is 4.24. The van der Waals surface area contributed by atoms with Crippen LogP contribution in [0.25, 0.3) is 0 Å². The number of aliphatic hydroxyl groups is 1. The molecule has 1 atom stereocenters. The van der Waals surface area contributed by atoms with Crippen molar-refractivity contribution in [3.8, 4) is 0 Å². The second kappa shape index (κ2) is 3.85. The predicted octanol–water partition coefficient (Wildman–Crippen LogP) is -0.0912. The van der Waals surface area contributed by atoms with Gasteiger partial charge >= 0.3 is 10.4 Å². The van der Waals surface area contributed by atoms with E-state index in [1.807, 2.05) is 0 Å². The van der Waals surface area contributed by atoms with Crippen molar-refractivity contribution < 1.29 is 17.4 Å². The second-order valence-corrected chi connectivity index (χ2v) is 2.97. The summed E-state index contributed by atoms with van der Waals surface area (Å²) in [7, 11) is -4.75. The summed E-state index contributed by atoms with van der Waals surface area (Å²) in [5, 5.41) is 8.65. The number of nitrogens with one attached hydrogen (secondary N) is 1. The van der Waals surface area contributed by atoms with E-state index in [0.29, 0.717) is 6.42 Å². The van der Waals surface area contributed by atoms with E-state index in [2.05, 4.69) is 0 Å². The Balaban J connectivity index is 3.69. The third-order valence-corrected chi connectivity index (χ3v) is 1.39. The lowest BCUT2D eigenvalue weighted by molar-refractivity contribution is 0.151. The van der Waals surface area contributed by atoms with E-state index in [1.54, 1.807) is 6.92 Å². The zero-order valence-electron chi connectivity index (χ0n) is 5.54. The van der Waals surface area contributed by atoms with E-state index < -0.39 is 16.6 Å². The largest absolute Gasteiger partial charge is 0.378 e. The van der Waals surface area contributed by atoms with Crippen molar-refractivity contribution in [3.05, 3.63) is 0 Å². The van der Waals surface area contributed by atoms with Crippen molar-refractivity contribution in [3.63, 3.8) is 0 Å². The molecule has 0 aliphatic heterocycles. The minimum atomic E-state index is -4.75. The van der Waals surface area contributed by atoms with Crippen LogP contribution in [0.2, 0.25) is 0 Å². The number of halogens is 1. The molecule has 0 heterocycles. The molecule has 0 amide bonds. The number of rotatable bonds is 4. The van der Waals surface area contributed by atoms with Gasteiger partial charge in [0.1, 0.15) is 6.23 Å². The maximum absolute atomic E-state index is 11.7. The Bertz CT molecular complexity index is 179. The molecular formula is C4H10FNO3S. The summed E-state index contributed by atoms with van der Waals surface area (Å²) in [4.78, 5) is 0. The molecule has 10 heavy (non-hydrogen) atoms. The van der Waals surface area contributed by atoms with Crippen LogP contribution in [-0.2, 0) is 10.4 Å². The summed E-state index contributed by atoms with van der Waals surface area (Å²) in [6.45, 7) is 1.75. The summed E-state index contributed by atoms with van der Waals surface area (Å²) in [6.07, 6.45) is -0.507. The molecule has 6 heteroatoms. The number of aliphatic hydroxyl groups excluding tert-OH is 1. The highest BCUT2D eigenvalue weighted by Crippen LogP contribution is 1.94. The van der Waals surface area contributed by atoms with E-state index in [4.69, 9.17) is 5.11 Å². The van der Waals surface area contributed by atoms with E-state index >= 15 is 0 Å². The molecule has 0 rings (SSSR count). The Hall–Kier alpha value is -0.200. The van der Waals surface area contributed by atoms with Gasteiger partial charge in [0, 0.05) is 0 Å². The lowest BCUT2D eigenvalue weighted by Crippen LogP contribution is -2.31. The second-order valence-electron chi connectivity index (χ2n) is 1.86. The molecule has 0 fully saturated rings. The molecule has 62 valence electrons. The van der Waals surface area contributed by atoms with E-state index in [1.165, 1.54) is 4.72 Å². The molecule has 0 spiro atoms. The van der Waals surface area contributed by atoms with E-state index in [0.717, 1.165) is 0 Å². The van der Waals surface area contributed by atoms with Crippen LogP contribution in [0.4, 0.5) is 3.89 Å². The van der Waals surface area contributed by atoms with Crippen molar-refractivity contribution in [2.45, 2.75) is 26.0 Å². The molecule has 2 N–H and O–H groups in total. The van der Waals surface area contributed by atoms with Crippen LogP contribution < -0.4 is 4.72 Å². The molecule has 0 saturated carbocycles. The van der Waals surface area contributed by atoms with Gasteiger partial charge in [0.25, 0.3) is 0 Å². The standard InChI is InChI=1S/C4H10FNO3S/c1-2-3-4(7)6-10(5,8)9/h4,6-7H,2-3H2,1H3. The fourth-order valence-corrected chi connectivity index (χ4v) is 0.938. The molecule has 4 nitrogen and oxygen atoms in total. The predicted molar refractivity (Wildman–Crippen MR) is 34.1 cm³/mol. The Labute approximate surface area is 59.4 Å². The first-order chi connectivity index (χ1) is 4.45. The van der Waals surface area contributed by atoms with Crippen LogP contribution in [0, 0.1) is 0 Å². The lowest BCUT2D eigenvalue weighted by atomic mass is 10.3. The third-order valence-electron chi connectivity index (χ3n) is 0.839. The Morgan fingerprint density at radius 2 is 2.20 bits per heavy atom. The van der Waals surface area contributed by atoms with Crippen molar-refractivity contribution in [2.75, 3.05) is 0 Å². The molecule has 0 aliphatic carbocycles. The highest BCUT2D eigenvalue weighted by Gasteiger charge is 2.11. The van der Waals surface area contributed by atoms with Crippen LogP contribution in [0.3, 0.4) is 0 Å². The summed E-state index contributed by atoms with van der Waals surface area (Å²) in [6, 6.07) is 0. The van der Waals surface area contributed by atoms with Gasteiger partial charge in [-0.3, -0.25) is 0 Å². The highest BCUT2D eigenvalue weighted by molar-refractivity contribution is 7.84. The number of hydrogen-bond acceptors (Lipinski definition) is 3. The monoisotopic (exact) mass is 171 g/mol. The van der Waals surface area contributed by atoms with Crippen molar-refractivity contribution in [1.82, 2.24) is 4.72 Å². The van der Waals surface area contributed by atoms with Crippen LogP contribution in [0.1, 0.15) is 19.8 Å². The van der Waals surface area contributed by atoms with Crippen LogP contribution in [-0.4, -0.2) is 19.8 Å². The van der Waals surface area contributed by atoms with Crippen molar-refractivity contribution in [1.29, 1.82) is 0 Å². The average molecular weight is 171 g/mol. The topological polar surface area (TPSA) is 66.4 Å². The Morgan fingerprint density at radius 3 is 2.50 bits per heavy atom. The van der Waals surface area contributed by atoms with Gasteiger partial charge in [0.2, 0.25) is 0 Å².